The van der Waals surface area contributed by atoms with Gasteiger partial charge in [0.25, 0.3) is 5.91 Å². The summed E-state index contributed by atoms with van der Waals surface area (Å²) in [5.74, 6) is -0.930. The van der Waals surface area contributed by atoms with Gasteiger partial charge in [0.05, 0.1) is 5.56 Å². The van der Waals surface area contributed by atoms with Crippen molar-refractivity contribution in [1.29, 1.82) is 0 Å². The molecule has 0 radical (unpaired) electrons. The van der Waals surface area contributed by atoms with Gasteiger partial charge in [-0.1, -0.05) is 11.6 Å². The minimum atomic E-state index is -0.579. The number of hydrogen-bond donors (Lipinski definition) is 4. The van der Waals surface area contributed by atoms with Crippen molar-refractivity contribution in [2.24, 2.45) is 11.5 Å². The third-order valence-corrected chi connectivity index (χ3v) is 5.77. The summed E-state index contributed by atoms with van der Waals surface area (Å²) in [7, 11) is 0. The molecule has 4 amide bonds. The second-order valence-corrected chi connectivity index (χ2v) is 7.94. The minimum Gasteiger partial charge on any atom is -0.370 e. The molecule has 0 fully saturated rings. The lowest BCUT2D eigenvalue weighted by atomic mass is 10.0. The van der Waals surface area contributed by atoms with Crippen LogP contribution >= 0.6 is 35.3 Å². The molecule has 0 unspecified atom stereocenters. The first-order valence-corrected chi connectivity index (χ1v) is 9.81. The molecule has 1 aliphatic heterocycles. The van der Waals surface area contributed by atoms with Crippen LogP contribution in [0.1, 0.15) is 27.2 Å². The smallest absolute Gasteiger partial charge is 0.324 e. The van der Waals surface area contributed by atoms with E-state index in [4.69, 9.17) is 23.1 Å². The maximum absolute atomic E-state index is 12.3. The quantitative estimate of drug-likeness (QED) is 0.530. The van der Waals surface area contributed by atoms with E-state index in [0.29, 0.717) is 47.3 Å². The second-order valence-electron chi connectivity index (χ2n) is 6.40. The van der Waals surface area contributed by atoms with E-state index in [-0.39, 0.29) is 24.7 Å². The molecule has 0 bridgehead atoms. The Labute approximate surface area is 183 Å². The fourth-order valence-corrected chi connectivity index (χ4v) is 4.48. The molecule has 2 aromatic rings. The summed E-state index contributed by atoms with van der Waals surface area (Å²) in [6.07, 6.45) is 0.890. The SMILES string of the molecule is Cl.NC(=O)CCN1CCc2c(sc(NC(=O)Nc3ccc(Cl)cc3)c2C(N)=O)C1. The number of anilines is 2. The third kappa shape index (κ3) is 5.83. The minimum absolute atomic E-state index is 0. The second kappa shape index (κ2) is 9.93. The van der Waals surface area contributed by atoms with Crippen molar-refractivity contribution in [2.75, 3.05) is 23.7 Å². The van der Waals surface area contributed by atoms with Gasteiger partial charge >= 0.3 is 6.03 Å². The molecule has 0 atom stereocenters. The maximum atomic E-state index is 12.3. The number of rotatable bonds is 6. The Bertz CT molecular complexity index is 917. The maximum Gasteiger partial charge on any atom is 0.324 e. The lowest BCUT2D eigenvalue weighted by Crippen LogP contribution is -2.33. The van der Waals surface area contributed by atoms with Gasteiger partial charge in [-0.25, -0.2) is 4.79 Å². The van der Waals surface area contributed by atoms with Crippen molar-refractivity contribution in [2.45, 2.75) is 19.4 Å². The van der Waals surface area contributed by atoms with Gasteiger partial charge in [-0.2, -0.15) is 0 Å². The lowest BCUT2D eigenvalue weighted by molar-refractivity contribution is -0.118. The fraction of sp³-hybridized carbons (Fsp3) is 0.278. The van der Waals surface area contributed by atoms with Crippen LogP contribution in [0.5, 0.6) is 0 Å². The molecule has 11 heteroatoms. The largest absolute Gasteiger partial charge is 0.370 e. The van der Waals surface area contributed by atoms with E-state index in [2.05, 4.69) is 15.5 Å². The summed E-state index contributed by atoms with van der Waals surface area (Å²) in [4.78, 5) is 38.4. The van der Waals surface area contributed by atoms with Crippen molar-refractivity contribution < 1.29 is 14.4 Å². The predicted molar refractivity (Wildman–Crippen MR) is 117 cm³/mol. The average Bonchev–Trinajstić information content (AvgIpc) is 2.98. The zero-order valence-electron chi connectivity index (χ0n) is 15.4. The molecule has 1 aliphatic rings. The number of benzene rings is 1. The Balaban J connectivity index is 0.00000300. The molecule has 1 aromatic heterocycles. The van der Waals surface area contributed by atoms with Gasteiger partial charge in [0, 0.05) is 41.6 Å². The molecule has 3 rings (SSSR count). The highest BCUT2D eigenvalue weighted by Crippen LogP contribution is 2.37. The van der Waals surface area contributed by atoms with E-state index in [1.165, 1.54) is 11.3 Å². The number of nitrogens with two attached hydrogens (primary N) is 2. The molecule has 1 aromatic carbocycles. The van der Waals surface area contributed by atoms with E-state index in [1.807, 2.05) is 0 Å². The van der Waals surface area contributed by atoms with E-state index in [9.17, 15) is 14.4 Å². The van der Waals surface area contributed by atoms with Crippen molar-refractivity contribution in [3.63, 3.8) is 0 Å². The Hall–Kier alpha value is -2.33. The third-order valence-electron chi connectivity index (χ3n) is 4.39. The van der Waals surface area contributed by atoms with Gasteiger partial charge in [-0.3, -0.25) is 19.8 Å². The van der Waals surface area contributed by atoms with Crippen molar-refractivity contribution in [1.82, 2.24) is 4.90 Å². The summed E-state index contributed by atoms with van der Waals surface area (Å²) < 4.78 is 0. The monoisotopic (exact) mass is 457 g/mol. The number of carbonyl (C=O) groups excluding carboxylic acids is 3. The number of thiophene rings is 1. The molecule has 0 saturated carbocycles. The summed E-state index contributed by atoms with van der Waals surface area (Å²) in [5, 5.41) is 6.39. The lowest BCUT2D eigenvalue weighted by Gasteiger charge is -2.26. The van der Waals surface area contributed by atoms with Gasteiger partial charge in [0.15, 0.2) is 0 Å². The normalized spacial score (nSPS) is 13.1. The zero-order valence-corrected chi connectivity index (χ0v) is 17.8. The standard InChI is InChI=1S/C18H20ClN5O3S.ClH/c19-10-1-3-11(4-2-10)22-18(27)23-17-15(16(21)26)12-5-7-24(8-6-14(20)25)9-13(12)28-17;/h1-4H,5-9H2,(H2,20,25)(H2,21,26)(H2,22,23,27);1H. The number of fused-ring (bicyclic) bond motifs is 1. The van der Waals surface area contributed by atoms with Gasteiger partial charge in [-0.15, -0.1) is 23.7 Å². The Kier molecular flexibility index (Phi) is 7.86. The molecule has 29 heavy (non-hydrogen) atoms. The zero-order chi connectivity index (χ0) is 20.3. The molecule has 156 valence electrons. The van der Waals surface area contributed by atoms with Crippen LogP contribution in [0.4, 0.5) is 15.5 Å². The van der Waals surface area contributed by atoms with Crippen LogP contribution in [0.2, 0.25) is 5.02 Å². The van der Waals surface area contributed by atoms with Gasteiger partial charge in [-0.05, 0) is 36.2 Å². The van der Waals surface area contributed by atoms with Crippen LogP contribution in [0.15, 0.2) is 24.3 Å². The van der Waals surface area contributed by atoms with Crippen LogP contribution in [0.25, 0.3) is 0 Å². The number of urea groups is 1. The van der Waals surface area contributed by atoms with E-state index >= 15 is 0 Å². The first-order valence-electron chi connectivity index (χ1n) is 8.62. The fourth-order valence-electron chi connectivity index (χ4n) is 3.06. The first-order chi connectivity index (χ1) is 13.3. The van der Waals surface area contributed by atoms with E-state index in [1.54, 1.807) is 24.3 Å². The van der Waals surface area contributed by atoms with Crippen LogP contribution in [-0.2, 0) is 17.8 Å². The van der Waals surface area contributed by atoms with Crippen molar-refractivity contribution >= 4 is 63.9 Å². The Morgan fingerprint density at radius 3 is 2.45 bits per heavy atom. The highest BCUT2D eigenvalue weighted by atomic mass is 35.5. The molecule has 6 N–H and O–H groups in total. The summed E-state index contributed by atoms with van der Waals surface area (Å²) in [5.41, 5.74) is 12.6. The average molecular weight is 458 g/mol. The molecule has 8 nitrogen and oxygen atoms in total. The predicted octanol–water partition coefficient (Wildman–Crippen LogP) is 2.80. The number of primary amides is 2. The van der Waals surface area contributed by atoms with Crippen LogP contribution in [-0.4, -0.2) is 35.8 Å². The number of carbonyl (C=O) groups is 3. The highest BCUT2D eigenvalue weighted by Gasteiger charge is 2.27. The number of nitrogens with one attached hydrogen (secondary N) is 2. The van der Waals surface area contributed by atoms with Gasteiger partial charge < -0.3 is 16.8 Å². The van der Waals surface area contributed by atoms with Gasteiger partial charge in [0.2, 0.25) is 5.91 Å². The van der Waals surface area contributed by atoms with E-state index in [0.717, 1.165) is 10.4 Å². The van der Waals surface area contributed by atoms with Crippen molar-refractivity contribution in [3.8, 4) is 0 Å². The molecule has 2 heterocycles. The van der Waals surface area contributed by atoms with Crippen molar-refractivity contribution in [3.05, 3.63) is 45.3 Å². The molecular formula is C18H21Cl2N5O3S. The number of amides is 4. The molecule has 0 aliphatic carbocycles. The topological polar surface area (TPSA) is 131 Å². The summed E-state index contributed by atoms with van der Waals surface area (Å²) in [6.45, 7) is 1.82. The van der Waals surface area contributed by atoms with Crippen LogP contribution in [0.3, 0.4) is 0 Å². The summed E-state index contributed by atoms with van der Waals surface area (Å²) >= 11 is 7.15. The number of halogens is 2. The summed E-state index contributed by atoms with van der Waals surface area (Å²) in [6, 6.07) is 6.20. The van der Waals surface area contributed by atoms with Gasteiger partial charge in [0.1, 0.15) is 5.00 Å². The first kappa shape index (κ1) is 23.0. The molecular weight excluding hydrogens is 437 g/mol. The Morgan fingerprint density at radius 1 is 1.14 bits per heavy atom. The highest BCUT2D eigenvalue weighted by molar-refractivity contribution is 7.17. The van der Waals surface area contributed by atoms with Crippen LogP contribution < -0.4 is 22.1 Å². The van der Waals surface area contributed by atoms with Crippen LogP contribution in [0, 0.1) is 0 Å². The molecule has 0 saturated heterocycles. The van der Waals surface area contributed by atoms with E-state index < -0.39 is 11.9 Å². The Morgan fingerprint density at radius 2 is 1.83 bits per heavy atom. The molecule has 0 spiro atoms. The number of hydrogen-bond acceptors (Lipinski definition) is 5. The number of nitrogens with zero attached hydrogens (tertiary/aromatic N) is 1.